The number of hydrogen-bond acceptors (Lipinski definition) is 5. The third kappa shape index (κ3) is 3.75. The molecule has 0 unspecified atom stereocenters. The number of ether oxygens (including phenoxy) is 1. The van der Waals surface area contributed by atoms with Crippen LogP contribution in [0.4, 0.5) is 0 Å². The summed E-state index contributed by atoms with van der Waals surface area (Å²) in [6.07, 6.45) is 0. The Kier molecular flexibility index (Phi) is 6.15. The lowest BCUT2D eigenvalue weighted by molar-refractivity contribution is 0.232. The highest BCUT2D eigenvalue weighted by molar-refractivity contribution is 5.46. The number of nitrogens with one attached hydrogen (secondary N) is 1. The fourth-order valence-corrected chi connectivity index (χ4v) is 2.65. The van der Waals surface area contributed by atoms with Crippen LogP contribution in [-0.2, 0) is 6.54 Å². The number of rotatable bonds is 4. The molecule has 0 aliphatic carbocycles. The van der Waals surface area contributed by atoms with Crippen molar-refractivity contribution in [3.05, 3.63) is 23.5 Å². The molecule has 3 rings (SSSR count). The van der Waals surface area contributed by atoms with Crippen molar-refractivity contribution >= 4 is 5.65 Å². The van der Waals surface area contributed by atoms with Crippen LogP contribution in [-0.4, -0.2) is 52.3 Å². The average molecular weight is 305 g/mol. The van der Waals surface area contributed by atoms with Crippen LogP contribution in [0.1, 0.15) is 32.2 Å². The molecular weight excluding hydrogens is 278 g/mol. The predicted octanol–water partition coefficient (Wildman–Crippen LogP) is 1.87. The van der Waals surface area contributed by atoms with Gasteiger partial charge in [0.1, 0.15) is 5.82 Å². The topological polar surface area (TPSA) is 54.7 Å². The summed E-state index contributed by atoms with van der Waals surface area (Å²) < 4.78 is 7.70. The van der Waals surface area contributed by atoms with Crippen LogP contribution in [0, 0.1) is 6.92 Å². The fourth-order valence-electron chi connectivity index (χ4n) is 2.65. The second-order valence-corrected chi connectivity index (χ2v) is 5.10. The van der Waals surface area contributed by atoms with E-state index in [9.17, 15) is 0 Å². The molecule has 0 saturated carbocycles. The van der Waals surface area contributed by atoms with E-state index in [2.05, 4.69) is 32.5 Å². The van der Waals surface area contributed by atoms with Crippen molar-refractivity contribution in [1.82, 2.24) is 24.8 Å². The van der Waals surface area contributed by atoms with E-state index in [0.717, 1.165) is 50.1 Å². The molecule has 0 atom stereocenters. The predicted molar refractivity (Wildman–Crippen MR) is 88.4 cm³/mol. The first kappa shape index (κ1) is 16.7. The summed E-state index contributed by atoms with van der Waals surface area (Å²) in [6.45, 7) is 13.8. The molecule has 6 nitrogen and oxygen atoms in total. The number of piperazine rings is 1. The highest BCUT2D eigenvalue weighted by Crippen LogP contribution is 2.20. The Bertz CT molecular complexity index is 589. The Morgan fingerprint density at radius 1 is 1.18 bits per heavy atom. The SMILES string of the molecule is CC.CCOc1cc(CN2CCNCC2)cc2nnc(C)n12. The zero-order valence-corrected chi connectivity index (χ0v) is 14.1. The molecule has 0 bridgehead atoms. The summed E-state index contributed by atoms with van der Waals surface area (Å²) in [6, 6.07) is 4.21. The number of pyridine rings is 1. The molecule has 0 amide bonds. The molecule has 2 aromatic heterocycles. The highest BCUT2D eigenvalue weighted by Gasteiger charge is 2.14. The molecule has 1 fully saturated rings. The van der Waals surface area contributed by atoms with Gasteiger partial charge >= 0.3 is 0 Å². The van der Waals surface area contributed by atoms with Crippen molar-refractivity contribution in [3.63, 3.8) is 0 Å². The van der Waals surface area contributed by atoms with Gasteiger partial charge in [-0.2, -0.15) is 0 Å². The molecule has 122 valence electrons. The van der Waals surface area contributed by atoms with Crippen molar-refractivity contribution in [2.45, 2.75) is 34.2 Å². The van der Waals surface area contributed by atoms with Crippen LogP contribution in [0.25, 0.3) is 5.65 Å². The minimum absolute atomic E-state index is 0.643. The Balaban J connectivity index is 0.000000847. The van der Waals surface area contributed by atoms with Gasteiger partial charge in [-0.05, 0) is 25.5 Å². The molecular formula is C16H27N5O. The lowest BCUT2D eigenvalue weighted by Gasteiger charge is -2.27. The maximum Gasteiger partial charge on any atom is 0.201 e. The van der Waals surface area contributed by atoms with Gasteiger partial charge in [0.2, 0.25) is 5.88 Å². The largest absolute Gasteiger partial charge is 0.479 e. The van der Waals surface area contributed by atoms with Crippen LogP contribution in [0.15, 0.2) is 12.1 Å². The van der Waals surface area contributed by atoms with E-state index in [4.69, 9.17) is 4.74 Å². The fraction of sp³-hybridized carbons (Fsp3) is 0.625. The molecule has 1 aliphatic heterocycles. The maximum absolute atomic E-state index is 5.74. The number of fused-ring (bicyclic) bond motifs is 1. The first-order valence-corrected chi connectivity index (χ1v) is 8.18. The Morgan fingerprint density at radius 2 is 1.91 bits per heavy atom. The molecule has 1 aliphatic rings. The van der Waals surface area contributed by atoms with E-state index in [-0.39, 0.29) is 0 Å². The molecule has 0 aromatic carbocycles. The molecule has 0 spiro atoms. The van der Waals surface area contributed by atoms with Gasteiger partial charge < -0.3 is 10.1 Å². The third-order valence-electron chi connectivity index (χ3n) is 3.60. The van der Waals surface area contributed by atoms with Crippen molar-refractivity contribution in [3.8, 4) is 5.88 Å². The van der Waals surface area contributed by atoms with Crippen molar-refractivity contribution in [2.24, 2.45) is 0 Å². The van der Waals surface area contributed by atoms with Crippen LogP contribution in [0.2, 0.25) is 0 Å². The molecule has 3 heterocycles. The monoisotopic (exact) mass is 305 g/mol. The second kappa shape index (κ2) is 8.10. The number of nitrogens with zero attached hydrogens (tertiary/aromatic N) is 4. The summed E-state index contributed by atoms with van der Waals surface area (Å²) in [5, 5.41) is 11.7. The van der Waals surface area contributed by atoms with Gasteiger partial charge in [0, 0.05) is 38.8 Å². The summed E-state index contributed by atoms with van der Waals surface area (Å²) in [7, 11) is 0. The minimum Gasteiger partial charge on any atom is -0.479 e. The van der Waals surface area contributed by atoms with Gasteiger partial charge in [-0.25, -0.2) is 4.40 Å². The van der Waals surface area contributed by atoms with E-state index in [1.54, 1.807) is 0 Å². The standard InChI is InChI=1S/C14H21N5O.C2H6/c1-3-20-14-9-12(10-18-6-4-15-5-7-18)8-13-17-16-11(2)19(13)14;1-2/h8-9,15H,3-7,10H2,1-2H3;1-2H3. The van der Waals surface area contributed by atoms with Crippen molar-refractivity contribution in [2.75, 3.05) is 32.8 Å². The summed E-state index contributed by atoms with van der Waals surface area (Å²) in [5.74, 6) is 1.69. The van der Waals surface area contributed by atoms with Crippen molar-refractivity contribution in [1.29, 1.82) is 0 Å². The number of hydrogen-bond donors (Lipinski definition) is 1. The van der Waals surface area contributed by atoms with Gasteiger partial charge in [-0.3, -0.25) is 4.90 Å². The molecule has 6 heteroatoms. The van der Waals surface area contributed by atoms with Gasteiger partial charge in [-0.15, -0.1) is 10.2 Å². The van der Waals surface area contributed by atoms with Gasteiger partial charge in [0.05, 0.1) is 6.61 Å². The lowest BCUT2D eigenvalue weighted by Crippen LogP contribution is -2.42. The Labute approximate surface area is 132 Å². The van der Waals surface area contributed by atoms with Crippen LogP contribution >= 0.6 is 0 Å². The van der Waals surface area contributed by atoms with Crippen LogP contribution in [0.3, 0.4) is 0 Å². The normalized spacial score (nSPS) is 15.5. The van der Waals surface area contributed by atoms with Crippen LogP contribution < -0.4 is 10.1 Å². The van der Waals surface area contributed by atoms with Gasteiger partial charge in [-0.1, -0.05) is 13.8 Å². The quantitative estimate of drug-likeness (QED) is 0.934. The smallest absolute Gasteiger partial charge is 0.201 e. The molecule has 1 saturated heterocycles. The first-order valence-electron chi connectivity index (χ1n) is 8.18. The number of aryl methyl sites for hydroxylation is 1. The highest BCUT2D eigenvalue weighted by atomic mass is 16.5. The lowest BCUT2D eigenvalue weighted by atomic mass is 10.2. The van der Waals surface area contributed by atoms with Gasteiger partial charge in [0.25, 0.3) is 0 Å². The summed E-state index contributed by atoms with van der Waals surface area (Å²) in [5.41, 5.74) is 2.09. The van der Waals surface area contributed by atoms with Crippen molar-refractivity contribution < 1.29 is 4.74 Å². The summed E-state index contributed by atoms with van der Waals surface area (Å²) in [4.78, 5) is 2.45. The zero-order chi connectivity index (χ0) is 15.9. The second-order valence-electron chi connectivity index (χ2n) is 5.10. The first-order chi connectivity index (χ1) is 10.8. The van der Waals surface area contributed by atoms with E-state index < -0.39 is 0 Å². The van der Waals surface area contributed by atoms with Crippen LogP contribution in [0.5, 0.6) is 5.88 Å². The molecule has 22 heavy (non-hydrogen) atoms. The maximum atomic E-state index is 5.74. The van der Waals surface area contributed by atoms with E-state index in [1.807, 2.05) is 32.1 Å². The molecule has 1 N–H and O–H groups in total. The third-order valence-corrected chi connectivity index (χ3v) is 3.60. The zero-order valence-electron chi connectivity index (χ0n) is 14.1. The Hall–Kier alpha value is -1.66. The minimum atomic E-state index is 0.643. The van der Waals surface area contributed by atoms with E-state index >= 15 is 0 Å². The summed E-state index contributed by atoms with van der Waals surface area (Å²) >= 11 is 0. The van der Waals surface area contributed by atoms with E-state index in [1.165, 1.54) is 5.56 Å². The number of aromatic nitrogens is 3. The molecule has 2 aromatic rings. The Morgan fingerprint density at radius 3 is 2.59 bits per heavy atom. The molecule has 0 radical (unpaired) electrons. The average Bonchev–Trinajstić information content (AvgIpc) is 2.92. The van der Waals surface area contributed by atoms with Gasteiger partial charge in [0.15, 0.2) is 5.65 Å². The van der Waals surface area contributed by atoms with E-state index in [0.29, 0.717) is 6.61 Å².